The van der Waals surface area contributed by atoms with Gasteiger partial charge in [-0.15, -0.1) is 0 Å². The van der Waals surface area contributed by atoms with Gasteiger partial charge in [0.05, 0.1) is 29.1 Å². The maximum atomic E-state index is 12.9. The Morgan fingerprint density at radius 1 is 0.827 bits per heavy atom. The molecule has 0 fully saturated rings. The highest BCUT2D eigenvalue weighted by atomic mass is 35.5. The van der Waals surface area contributed by atoms with Gasteiger partial charge in [-0.3, -0.25) is 14.8 Å². The van der Waals surface area contributed by atoms with E-state index in [0.29, 0.717) is 10.0 Å². The molecular formula is C43H40Cl2N4O2Si. The maximum Gasteiger partial charge on any atom is 0.244 e. The molecule has 0 aliphatic carbocycles. The van der Waals surface area contributed by atoms with Crippen molar-refractivity contribution in [1.29, 1.82) is 0 Å². The van der Waals surface area contributed by atoms with Gasteiger partial charge >= 0.3 is 0 Å². The second-order valence-corrected chi connectivity index (χ2v) is 16.6. The number of hydrogen-bond donors (Lipinski definition) is 1. The van der Waals surface area contributed by atoms with E-state index in [1.165, 1.54) is 16.4 Å². The number of nitrogens with one attached hydrogen (secondary N) is 1. The van der Waals surface area contributed by atoms with Crippen molar-refractivity contribution in [2.45, 2.75) is 33.4 Å². The Morgan fingerprint density at radius 3 is 2.15 bits per heavy atom. The molecule has 3 heterocycles. The van der Waals surface area contributed by atoms with Crippen LogP contribution in [0, 0.1) is 5.41 Å². The van der Waals surface area contributed by atoms with E-state index >= 15 is 0 Å². The van der Waals surface area contributed by atoms with E-state index in [1.807, 2.05) is 83.6 Å². The van der Waals surface area contributed by atoms with Crippen LogP contribution in [-0.2, 0) is 15.8 Å². The van der Waals surface area contributed by atoms with Crippen LogP contribution in [0.2, 0.25) is 10.0 Å². The first-order chi connectivity index (χ1) is 25.2. The number of halogens is 2. The molecule has 262 valence electrons. The third kappa shape index (κ3) is 9.24. The van der Waals surface area contributed by atoms with E-state index in [4.69, 9.17) is 27.6 Å². The van der Waals surface area contributed by atoms with E-state index in [0.717, 1.165) is 33.8 Å². The van der Waals surface area contributed by atoms with Crippen LogP contribution in [0.15, 0.2) is 140 Å². The lowest BCUT2D eigenvalue weighted by atomic mass is 9.84. The minimum Gasteiger partial charge on any atom is -0.403 e. The number of pyridine rings is 2. The number of hydrogen-bond acceptors (Lipinski definition) is 4. The molecule has 0 bridgehead atoms. The Kier molecular flexibility index (Phi) is 12.0. The molecular weight excluding hydrogens is 703 g/mol. The van der Waals surface area contributed by atoms with Gasteiger partial charge < -0.3 is 14.3 Å². The van der Waals surface area contributed by atoms with Crippen molar-refractivity contribution in [3.05, 3.63) is 178 Å². The minimum absolute atomic E-state index is 0.226. The first kappa shape index (κ1) is 36.7. The third-order valence-corrected chi connectivity index (χ3v) is 11.8. The average molecular weight is 744 g/mol. The number of carbonyl (C=O) groups excluding carboxylic acids is 1. The quantitative estimate of drug-likeness (QED) is 0.101. The van der Waals surface area contributed by atoms with E-state index in [9.17, 15) is 4.79 Å². The van der Waals surface area contributed by atoms with Gasteiger partial charge in [0.15, 0.2) is 0 Å². The third-order valence-electron chi connectivity index (χ3n) is 8.56. The van der Waals surface area contributed by atoms with E-state index < -0.39 is 15.1 Å². The topological polar surface area (TPSA) is 69.0 Å². The zero-order valence-corrected chi connectivity index (χ0v) is 32.0. The Morgan fingerprint density at radius 2 is 1.52 bits per heavy atom. The van der Waals surface area contributed by atoms with Gasteiger partial charge in [-0.25, -0.2) is 0 Å². The summed E-state index contributed by atoms with van der Waals surface area (Å²) in [7, 11) is -2.16. The van der Waals surface area contributed by atoms with E-state index in [1.54, 1.807) is 24.7 Å². The van der Waals surface area contributed by atoms with Crippen LogP contribution in [0.25, 0.3) is 23.9 Å². The molecule has 0 saturated heterocycles. The van der Waals surface area contributed by atoms with Crippen LogP contribution in [0.1, 0.15) is 55.0 Å². The molecule has 0 radical (unpaired) electrons. The van der Waals surface area contributed by atoms with Crippen molar-refractivity contribution >= 4 is 66.8 Å². The van der Waals surface area contributed by atoms with Gasteiger partial charge in [0, 0.05) is 47.1 Å². The highest BCUT2D eigenvalue weighted by Crippen LogP contribution is 2.45. The van der Waals surface area contributed by atoms with Gasteiger partial charge in [-0.2, -0.15) is 0 Å². The largest absolute Gasteiger partial charge is 0.403 e. The molecule has 0 spiro atoms. The Labute approximate surface area is 317 Å². The SMILES string of the molecule is CC(C)(C)C(O[SiH](c1ccccc1)c1ccccc1)c1c(Cl)ccc(-n2cccc2CNC(=O)C=Cc2ccc(C=Cc3ccncc3)nc2)c1Cl. The zero-order chi connectivity index (χ0) is 36.5. The van der Waals surface area contributed by atoms with Crippen LogP contribution >= 0.6 is 23.2 Å². The molecule has 3 aromatic heterocycles. The summed E-state index contributed by atoms with van der Waals surface area (Å²) in [6.45, 7) is 6.73. The minimum atomic E-state index is -2.16. The van der Waals surface area contributed by atoms with Crippen molar-refractivity contribution in [3.63, 3.8) is 0 Å². The fourth-order valence-electron chi connectivity index (χ4n) is 5.90. The standard InChI is InChI=1S/C43H40Cl2N4O2Si/c1-43(2,3)42(51-52(35-12-6-4-7-13-35)36-14-8-5-9-15-36)40-37(44)21-22-38(41(40)45)49-28-10-11-34(49)30-48-39(50)23-18-32-17-20-33(47-29-32)19-16-31-24-26-46-27-25-31/h4-29,42,52H,30H2,1-3H3,(H,48,50). The maximum absolute atomic E-state index is 12.9. The Hall–Kier alpha value is -5.05. The summed E-state index contributed by atoms with van der Waals surface area (Å²) in [5.74, 6) is -0.226. The summed E-state index contributed by atoms with van der Waals surface area (Å²) in [4.78, 5) is 21.4. The number of carbonyl (C=O) groups is 1. The number of amides is 1. The summed E-state index contributed by atoms with van der Waals surface area (Å²) >= 11 is 14.3. The molecule has 0 saturated carbocycles. The molecule has 0 aliphatic heterocycles. The molecule has 6 aromatic rings. The lowest BCUT2D eigenvalue weighted by Gasteiger charge is -2.36. The van der Waals surface area contributed by atoms with Gasteiger partial charge in [-0.1, -0.05) is 117 Å². The summed E-state index contributed by atoms with van der Waals surface area (Å²) < 4.78 is 9.19. The lowest BCUT2D eigenvalue weighted by molar-refractivity contribution is -0.116. The van der Waals surface area contributed by atoms with Crippen LogP contribution in [0.4, 0.5) is 0 Å². The molecule has 0 aliphatic rings. The molecule has 1 atom stereocenters. The van der Waals surface area contributed by atoms with Crippen molar-refractivity contribution < 1.29 is 9.22 Å². The highest BCUT2D eigenvalue weighted by molar-refractivity contribution is 6.80. The van der Waals surface area contributed by atoms with Gasteiger partial charge in [0.25, 0.3) is 0 Å². The molecule has 6 rings (SSSR count). The predicted molar refractivity (Wildman–Crippen MR) is 217 cm³/mol. The predicted octanol–water partition coefficient (Wildman–Crippen LogP) is 8.72. The average Bonchev–Trinajstić information content (AvgIpc) is 3.63. The molecule has 3 aromatic carbocycles. The van der Waals surface area contributed by atoms with Crippen LogP contribution in [0.5, 0.6) is 0 Å². The second kappa shape index (κ2) is 17.0. The molecule has 6 nitrogen and oxygen atoms in total. The zero-order valence-electron chi connectivity index (χ0n) is 29.3. The van der Waals surface area contributed by atoms with E-state index in [-0.39, 0.29) is 17.9 Å². The van der Waals surface area contributed by atoms with Gasteiger partial charge in [0.2, 0.25) is 14.9 Å². The Balaban J connectivity index is 1.19. The fraction of sp³-hybridized carbons (Fsp3) is 0.140. The number of rotatable bonds is 12. The molecule has 52 heavy (non-hydrogen) atoms. The van der Waals surface area contributed by atoms with E-state index in [2.05, 4.69) is 84.6 Å². The van der Waals surface area contributed by atoms with Crippen molar-refractivity contribution in [2.75, 3.05) is 0 Å². The van der Waals surface area contributed by atoms with Crippen molar-refractivity contribution in [1.82, 2.24) is 19.9 Å². The lowest BCUT2D eigenvalue weighted by Crippen LogP contribution is -2.47. The van der Waals surface area contributed by atoms with Crippen LogP contribution in [-0.4, -0.2) is 29.5 Å². The monoisotopic (exact) mass is 742 g/mol. The summed E-state index contributed by atoms with van der Waals surface area (Å²) in [5.41, 5.74) is 4.70. The summed E-state index contributed by atoms with van der Waals surface area (Å²) in [6.07, 6.45) is 13.9. The first-order valence-corrected chi connectivity index (χ1v) is 19.5. The molecule has 1 N–H and O–H groups in total. The summed E-state index contributed by atoms with van der Waals surface area (Å²) in [6, 6.07) is 36.2. The van der Waals surface area contributed by atoms with Crippen LogP contribution < -0.4 is 15.7 Å². The number of aromatic nitrogens is 3. The highest BCUT2D eigenvalue weighted by Gasteiger charge is 2.35. The fourth-order valence-corrected chi connectivity index (χ4v) is 9.22. The van der Waals surface area contributed by atoms with Crippen LogP contribution in [0.3, 0.4) is 0 Å². The smallest absolute Gasteiger partial charge is 0.244 e. The molecule has 1 unspecified atom stereocenters. The van der Waals surface area contributed by atoms with Gasteiger partial charge in [0.1, 0.15) is 0 Å². The molecule has 1 amide bonds. The number of nitrogens with zero attached hydrogens (tertiary/aromatic N) is 3. The Bertz CT molecular complexity index is 2110. The van der Waals surface area contributed by atoms with Crippen molar-refractivity contribution in [3.8, 4) is 5.69 Å². The van der Waals surface area contributed by atoms with Crippen molar-refractivity contribution in [2.24, 2.45) is 5.41 Å². The normalized spacial score (nSPS) is 12.5. The second-order valence-electron chi connectivity index (χ2n) is 13.4. The number of benzene rings is 3. The first-order valence-electron chi connectivity index (χ1n) is 17.1. The summed E-state index contributed by atoms with van der Waals surface area (Å²) in [5, 5.41) is 6.40. The molecule has 9 heteroatoms. The van der Waals surface area contributed by atoms with Gasteiger partial charge in [-0.05, 0) is 81.5 Å².